The summed E-state index contributed by atoms with van der Waals surface area (Å²) in [5, 5.41) is 9.66. The lowest BCUT2D eigenvalue weighted by Gasteiger charge is -2.21. The number of phenols is 1. The van der Waals surface area contributed by atoms with Crippen LogP contribution in [0.2, 0.25) is 0 Å². The largest absolute Gasteiger partial charge is 0.504 e. The van der Waals surface area contributed by atoms with E-state index in [1.807, 2.05) is 13.8 Å². The molecule has 0 aliphatic carbocycles. The van der Waals surface area contributed by atoms with Crippen LogP contribution in [0.4, 0.5) is 0 Å². The topological polar surface area (TPSA) is 49.8 Å². The van der Waals surface area contributed by atoms with Gasteiger partial charge in [0.2, 0.25) is 0 Å². The van der Waals surface area contributed by atoms with Crippen LogP contribution in [0.25, 0.3) is 0 Å². The molecule has 18 heavy (non-hydrogen) atoms. The van der Waals surface area contributed by atoms with Gasteiger partial charge in [0.15, 0.2) is 11.5 Å². The second kappa shape index (κ2) is 6.10. The standard InChI is InChI=1S/C14H19NO3/c1-5-15(9-10(2)3)14(17)11-6-7-13(18-4)12(16)8-11/h6-8,16H,2,5,9H2,1,3-4H3. The number of methoxy groups -OCH3 is 1. The normalized spacial score (nSPS) is 9.94. The zero-order chi connectivity index (χ0) is 13.7. The highest BCUT2D eigenvalue weighted by Crippen LogP contribution is 2.26. The van der Waals surface area contributed by atoms with Gasteiger partial charge in [-0.2, -0.15) is 0 Å². The van der Waals surface area contributed by atoms with Gasteiger partial charge < -0.3 is 14.7 Å². The maximum atomic E-state index is 12.2. The lowest BCUT2D eigenvalue weighted by molar-refractivity contribution is 0.0778. The van der Waals surface area contributed by atoms with E-state index < -0.39 is 0 Å². The second-order valence-electron chi connectivity index (χ2n) is 4.16. The summed E-state index contributed by atoms with van der Waals surface area (Å²) in [6.45, 7) is 8.70. The molecule has 0 spiro atoms. The van der Waals surface area contributed by atoms with Gasteiger partial charge >= 0.3 is 0 Å². The molecule has 1 aromatic carbocycles. The molecule has 1 aromatic rings. The molecule has 0 bridgehead atoms. The van der Waals surface area contributed by atoms with E-state index in [4.69, 9.17) is 4.74 Å². The Hall–Kier alpha value is -1.97. The number of nitrogens with zero attached hydrogens (tertiary/aromatic N) is 1. The molecule has 4 heteroatoms. The number of amides is 1. The number of ether oxygens (including phenoxy) is 1. The number of hydrogen-bond donors (Lipinski definition) is 1. The van der Waals surface area contributed by atoms with E-state index in [0.717, 1.165) is 5.57 Å². The first-order valence-corrected chi connectivity index (χ1v) is 5.80. The summed E-state index contributed by atoms with van der Waals surface area (Å²) in [5.74, 6) is 0.197. The Balaban J connectivity index is 2.95. The fourth-order valence-corrected chi connectivity index (χ4v) is 1.66. The Morgan fingerprint density at radius 1 is 1.50 bits per heavy atom. The highest BCUT2D eigenvalue weighted by molar-refractivity contribution is 5.95. The molecular weight excluding hydrogens is 230 g/mol. The van der Waals surface area contributed by atoms with Gasteiger partial charge in [-0.3, -0.25) is 4.79 Å². The second-order valence-corrected chi connectivity index (χ2v) is 4.16. The van der Waals surface area contributed by atoms with Crippen LogP contribution in [0.3, 0.4) is 0 Å². The van der Waals surface area contributed by atoms with Gasteiger partial charge in [-0.15, -0.1) is 0 Å². The third-order valence-electron chi connectivity index (χ3n) is 2.56. The third-order valence-corrected chi connectivity index (χ3v) is 2.56. The molecule has 0 fully saturated rings. The van der Waals surface area contributed by atoms with E-state index in [1.54, 1.807) is 17.0 Å². The lowest BCUT2D eigenvalue weighted by Crippen LogP contribution is -2.32. The highest BCUT2D eigenvalue weighted by Gasteiger charge is 2.15. The summed E-state index contributed by atoms with van der Waals surface area (Å²) in [7, 11) is 1.47. The van der Waals surface area contributed by atoms with E-state index >= 15 is 0 Å². The smallest absolute Gasteiger partial charge is 0.254 e. The molecule has 0 saturated heterocycles. The maximum Gasteiger partial charge on any atom is 0.254 e. The minimum Gasteiger partial charge on any atom is -0.504 e. The van der Waals surface area contributed by atoms with Gasteiger partial charge in [-0.05, 0) is 32.0 Å². The Bertz CT molecular complexity index is 454. The summed E-state index contributed by atoms with van der Waals surface area (Å²) in [6.07, 6.45) is 0. The number of carbonyl (C=O) groups is 1. The molecule has 0 unspecified atom stereocenters. The Labute approximate surface area is 107 Å². The number of hydrogen-bond acceptors (Lipinski definition) is 3. The van der Waals surface area contributed by atoms with E-state index in [0.29, 0.717) is 24.4 Å². The van der Waals surface area contributed by atoms with E-state index in [9.17, 15) is 9.90 Å². The van der Waals surface area contributed by atoms with Crippen LogP contribution in [0.15, 0.2) is 30.4 Å². The molecule has 0 atom stereocenters. The average molecular weight is 249 g/mol. The first-order chi connectivity index (χ1) is 8.49. The van der Waals surface area contributed by atoms with Gasteiger partial charge in [0.05, 0.1) is 7.11 Å². The third kappa shape index (κ3) is 3.26. The number of phenolic OH excluding ortho intramolecular Hbond substituents is 1. The van der Waals surface area contributed by atoms with Crippen molar-refractivity contribution < 1.29 is 14.6 Å². The quantitative estimate of drug-likeness (QED) is 0.815. The van der Waals surface area contributed by atoms with Gasteiger partial charge in [-0.1, -0.05) is 12.2 Å². The summed E-state index contributed by atoms with van der Waals surface area (Å²) in [6, 6.07) is 4.64. The summed E-state index contributed by atoms with van der Waals surface area (Å²) >= 11 is 0. The highest BCUT2D eigenvalue weighted by atomic mass is 16.5. The lowest BCUT2D eigenvalue weighted by atomic mass is 10.1. The SMILES string of the molecule is C=C(C)CN(CC)C(=O)c1ccc(OC)c(O)c1. The van der Waals surface area contributed by atoms with Crippen molar-refractivity contribution in [3.8, 4) is 11.5 Å². The predicted molar refractivity (Wildman–Crippen MR) is 71.1 cm³/mol. The van der Waals surface area contributed by atoms with Crippen LogP contribution >= 0.6 is 0 Å². The van der Waals surface area contributed by atoms with Crippen molar-refractivity contribution in [1.82, 2.24) is 4.90 Å². The van der Waals surface area contributed by atoms with Crippen molar-refractivity contribution in [2.45, 2.75) is 13.8 Å². The van der Waals surface area contributed by atoms with Crippen LogP contribution in [0.1, 0.15) is 24.2 Å². The van der Waals surface area contributed by atoms with Crippen LogP contribution < -0.4 is 4.74 Å². The van der Waals surface area contributed by atoms with Crippen molar-refractivity contribution in [2.24, 2.45) is 0 Å². The van der Waals surface area contributed by atoms with Crippen LogP contribution in [0.5, 0.6) is 11.5 Å². The van der Waals surface area contributed by atoms with Gasteiger partial charge in [0.25, 0.3) is 5.91 Å². The zero-order valence-electron chi connectivity index (χ0n) is 11.1. The van der Waals surface area contributed by atoms with Gasteiger partial charge in [-0.25, -0.2) is 0 Å². The Morgan fingerprint density at radius 2 is 2.17 bits per heavy atom. The van der Waals surface area contributed by atoms with Crippen molar-refractivity contribution in [3.63, 3.8) is 0 Å². The molecule has 1 amide bonds. The number of rotatable bonds is 5. The monoisotopic (exact) mass is 249 g/mol. The van der Waals surface area contributed by atoms with E-state index in [1.165, 1.54) is 13.2 Å². The fourth-order valence-electron chi connectivity index (χ4n) is 1.66. The zero-order valence-corrected chi connectivity index (χ0v) is 11.1. The predicted octanol–water partition coefficient (Wildman–Crippen LogP) is 2.44. The van der Waals surface area contributed by atoms with E-state index in [-0.39, 0.29) is 11.7 Å². The molecule has 4 nitrogen and oxygen atoms in total. The molecular formula is C14H19NO3. The summed E-state index contributed by atoms with van der Waals surface area (Å²) in [5.41, 5.74) is 1.36. The molecule has 0 aliphatic heterocycles. The minimum absolute atomic E-state index is 0.0327. The van der Waals surface area contributed by atoms with Crippen molar-refractivity contribution in [2.75, 3.05) is 20.2 Å². The first-order valence-electron chi connectivity index (χ1n) is 5.80. The molecule has 0 radical (unpaired) electrons. The van der Waals surface area contributed by atoms with Crippen LogP contribution in [-0.4, -0.2) is 36.1 Å². The molecule has 98 valence electrons. The summed E-state index contributed by atoms with van der Waals surface area (Å²) < 4.78 is 4.94. The van der Waals surface area contributed by atoms with Crippen molar-refractivity contribution in [3.05, 3.63) is 35.9 Å². The molecule has 0 aromatic heterocycles. The molecule has 1 rings (SSSR count). The average Bonchev–Trinajstić information content (AvgIpc) is 2.34. The number of likely N-dealkylation sites (N-methyl/N-ethyl adjacent to an activating group) is 1. The minimum atomic E-state index is -0.126. The van der Waals surface area contributed by atoms with Crippen molar-refractivity contribution in [1.29, 1.82) is 0 Å². The molecule has 0 aliphatic rings. The van der Waals surface area contributed by atoms with Crippen LogP contribution in [-0.2, 0) is 0 Å². The summed E-state index contributed by atoms with van der Waals surface area (Å²) in [4.78, 5) is 13.9. The number of carbonyl (C=O) groups excluding carboxylic acids is 1. The molecule has 0 saturated carbocycles. The Kier molecular flexibility index (Phi) is 4.77. The Morgan fingerprint density at radius 3 is 2.61 bits per heavy atom. The molecule has 1 N–H and O–H groups in total. The number of aromatic hydroxyl groups is 1. The maximum absolute atomic E-state index is 12.2. The van der Waals surface area contributed by atoms with Gasteiger partial charge in [0, 0.05) is 18.7 Å². The van der Waals surface area contributed by atoms with Crippen LogP contribution in [0, 0.1) is 0 Å². The number of benzene rings is 1. The molecule has 0 heterocycles. The van der Waals surface area contributed by atoms with E-state index in [2.05, 4.69) is 6.58 Å². The van der Waals surface area contributed by atoms with Gasteiger partial charge in [0.1, 0.15) is 0 Å². The first kappa shape index (κ1) is 14.1. The fraction of sp³-hybridized carbons (Fsp3) is 0.357. The van der Waals surface area contributed by atoms with Crippen molar-refractivity contribution >= 4 is 5.91 Å².